The van der Waals surface area contributed by atoms with Crippen LogP contribution in [-0.2, 0) is 4.74 Å². The number of aromatic nitrogens is 1. The first-order valence-corrected chi connectivity index (χ1v) is 8.31. The molecule has 0 saturated carbocycles. The number of benzene rings is 1. The minimum Gasteiger partial charge on any atom is -0.674 e. The van der Waals surface area contributed by atoms with Gasteiger partial charge in [0.15, 0.2) is 4.34 Å². The number of amides is 1. The van der Waals surface area contributed by atoms with Gasteiger partial charge < -0.3 is 10.5 Å². The summed E-state index contributed by atoms with van der Waals surface area (Å²) in [4.78, 5) is 27.2. The van der Waals surface area contributed by atoms with E-state index in [1.165, 1.54) is 17.0 Å². The number of hydrogen-bond acceptors (Lipinski definition) is 7. The smallest absolute Gasteiger partial charge is 0.414 e. The van der Waals surface area contributed by atoms with E-state index in [1.54, 1.807) is 6.07 Å². The topological polar surface area (TPSA) is 109 Å². The summed E-state index contributed by atoms with van der Waals surface area (Å²) < 4.78 is 19.6. The predicted octanol–water partition coefficient (Wildman–Crippen LogP) is 3.72. The zero-order chi connectivity index (χ0) is 17.3. The van der Waals surface area contributed by atoms with Gasteiger partial charge in [-0.25, -0.2) is 14.2 Å². The fourth-order valence-electron chi connectivity index (χ4n) is 2.05. The maximum atomic E-state index is 14.3. The van der Waals surface area contributed by atoms with E-state index in [-0.39, 0.29) is 67.0 Å². The van der Waals surface area contributed by atoms with Gasteiger partial charge in [0, 0.05) is 44.1 Å². The summed E-state index contributed by atoms with van der Waals surface area (Å²) in [5.41, 5.74) is 7.58. The molecule has 1 radical (unpaired) electrons. The van der Waals surface area contributed by atoms with Gasteiger partial charge >= 0.3 is 11.1 Å². The first kappa shape index (κ1) is 20.5. The molecular weight excluding hydrogens is 586 g/mol. The van der Waals surface area contributed by atoms with Gasteiger partial charge in [-0.1, -0.05) is 11.8 Å². The molecule has 1 aromatic heterocycles. The maximum Gasteiger partial charge on any atom is 0.414 e. The Labute approximate surface area is 185 Å². The average Bonchev–Trinajstić information content (AvgIpc) is 3.16. The van der Waals surface area contributed by atoms with Gasteiger partial charge in [0.25, 0.3) is 0 Å². The number of nitrogens with one attached hydrogen (secondary N) is 1. The van der Waals surface area contributed by atoms with Gasteiger partial charge in [0.2, 0.25) is 0 Å². The third kappa shape index (κ3) is 4.68. The molecule has 1 aromatic carbocycles. The number of anilines is 1. The molecule has 1 aliphatic rings. The fraction of sp³-hybridized carbons (Fsp3) is 0.231. The molecule has 12 heteroatoms. The summed E-state index contributed by atoms with van der Waals surface area (Å²) in [6.45, 7) is 0.147. The molecule has 0 aliphatic carbocycles. The Morgan fingerprint density at radius 1 is 1.56 bits per heavy atom. The van der Waals surface area contributed by atoms with Crippen LogP contribution < -0.4 is 4.90 Å². The van der Waals surface area contributed by atoms with Crippen molar-refractivity contribution >= 4 is 39.9 Å². The van der Waals surface area contributed by atoms with Crippen molar-refractivity contribution in [2.45, 2.75) is 15.3 Å². The van der Waals surface area contributed by atoms with Gasteiger partial charge in [0.05, 0.1) is 22.1 Å². The molecule has 1 saturated heterocycles. The number of carbonyl (C=O) groups excluding carboxylic acids is 1. The predicted molar refractivity (Wildman–Crippen MR) is 86.1 cm³/mol. The van der Waals surface area contributed by atoms with E-state index in [0.29, 0.717) is 10.0 Å². The van der Waals surface area contributed by atoms with E-state index in [4.69, 9.17) is 10.5 Å². The molecule has 0 unspecified atom stereocenters. The number of hydrogen-bond donors (Lipinski definition) is 0. The Hall–Kier alpha value is -0.798. The Kier molecular flexibility index (Phi) is 7.16. The van der Waals surface area contributed by atoms with Crippen molar-refractivity contribution in [3.8, 4) is 0 Å². The van der Waals surface area contributed by atoms with Crippen LogP contribution in [0.3, 0.4) is 0 Å². The van der Waals surface area contributed by atoms with Crippen LogP contribution in [-0.4, -0.2) is 35.2 Å². The van der Waals surface area contributed by atoms with E-state index in [2.05, 4.69) is 4.98 Å². The second-order valence-corrected chi connectivity index (χ2v) is 7.06. The monoisotopic (exact) mass is 596 g/mol. The molecular formula is C13H10AcFN4O4S2-. The summed E-state index contributed by atoms with van der Waals surface area (Å²) in [6, 6.07) is 4.23. The number of cyclic esters (lactones) is 1. The SMILES string of the molecule is [Ac].[NH-]C[C@H]1CN(c2ccc(Sc3ncc([N+](=O)[O-])s3)c(F)c2)C(=O)O1. The van der Waals surface area contributed by atoms with Gasteiger partial charge in [-0.15, -0.1) is 6.54 Å². The average molecular weight is 596 g/mol. The van der Waals surface area contributed by atoms with Crippen molar-refractivity contribution in [1.29, 1.82) is 0 Å². The second-order valence-electron chi connectivity index (χ2n) is 4.76. The molecule has 0 bridgehead atoms. The number of rotatable bonds is 5. The number of halogens is 1. The molecule has 1 amide bonds. The zero-order valence-corrected chi connectivity index (χ0v) is 18.9. The van der Waals surface area contributed by atoms with E-state index in [1.807, 2.05) is 0 Å². The number of nitro groups is 1. The number of ether oxygens (including phenoxy) is 1. The Morgan fingerprint density at radius 2 is 2.32 bits per heavy atom. The molecule has 25 heavy (non-hydrogen) atoms. The normalized spacial score (nSPS) is 16.5. The third-order valence-electron chi connectivity index (χ3n) is 3.18. The zero-order valence-electron chi connectivity index (χ0n) is 12.5. The quantitative estimate of drug-likeness (QED) is 0.385. The van der Waals surface area contributed by atoms with Crippen molar-refractivity contribution in [2.24, 2.45) is 0 Å². The van der Waals surface area contributed by atoms with E-state index in [9.17, 15) is 19.3 Å². The maximum absolute atomic E-state index is 14.3. The summed E-state index contributed by atoms with van der Waals surface area (Å²) in [7, 11) is 0. The summed E-state index contributed by atoms with van der Waals surface area (Å²) in [6.07, 6.45) is -0.00590. The van der Waals surface area contributed by atoms with Crippen molar-refractivity contribution in [3.05, 3.63) is 46.1 Å². The van der Waals surface area contributed by atoms with Gasteiger partial charge in [-0.05, 0) is 29.5 Å². The molecule has 2 aromatic rings. The van der Waals surface area contributed by atoms with Crippen LogP contribution in [0.1, 0.15) is 0 Å². The first-order chi connectivity index (χ1) is 11.5. The Bertz CT molecular complexity index is 806. The third-order valence-corrected chi connectivity index (χ3v) is 5.25. The molecule has 3 rings (SSSR count). The Balaban J connectivity index is 0.00000225. The molecule has 2 heterocycles. The number of carbonyl (C=O) groups is 1. The van der Waals surface area contributed by atoms with Crippen molar-refractivity contribution < 1.29 is 62.9 Å². The molecule has 0 spiro atoms. The molecule has 1 N–H and O–H groups in total. The van der Waals surface area contributed by atoms with Crippen LogP contribution in [0.4, 0.5) is 19.9 Å². The molecule has 1 aliphatic heterocycles. The second kappa shape index (κ2) is 8.73. The molecule has 129 valence electrons. The molecule has 1 fully saturated rings. The summed E-state index contributed by atoms with van der Waals surface area (Å²) >= 11 is 1.83. The van der Waals surface area contributed by atoms with Gasteiger partial charge in [0.1, 0.15) is 18.1 Å². The standard InChI is InChI=1S/C13H10FN4O4S2.Ac/c14-9-3-7(17-6-8(4-15)22-13(17)19)1-2-10(9)23-12-16-5-11(24-12)18(20)21;/h1-3,5,8,15H,4,6H2;/q-1;/t8-;/m0./s1. The van der Waals surface area contributed by atoms with Gasteiger partial charge in [-0.2, -0.15) is 0 Å². The van der Waals surface area contributed by atoms with Crippen LogP contribution in [0, 0.1) is 60.0 Å². The van der Waals surface area contributed by atoms with Crippen molar-refractivity contribution in [1.82, 2.24) is 4.98 Å². The first-order valence-electron chi connectivity index (χ1n) is 6.68. The van der Waals surface area contributed by atoms with Crippen LogP contribution in [0.5, 0.6) is 0 Å². The van der Waals surface area contributed by atoms with Gasteiger partial charge in [-0.3, -0.25) is 15.0 Å². The summed E-state index contributed by atoms with van der Waals surface area (Å²) in [5.74, 6) is -0.572. The molecule has 1 atom stereocenters. The van der Waals surface area contributed by atoms with Crippen LogP contribution in [0.15, 0.2) is 33.6 Å². The minimum absolute atomic E-state index is 0. The van der Waals surface area contributed by atoms with Crippen LogP contribution in [0.2, 0.25) is 0 Å². The minimum atomic E-state index is -0.609. The van der Waals surface area contributed by atoms with Crippen LogP contribution >= 0.6 is 23.1 Å². The van der Waals surface area contributed by atoms with Crippen LogP contribution in [0.25, 0.3) is 5.73 Å². The van der Waals surface area contributed by atoms with Crippen molar-refractivity contribution in [2.75, 3.05) is 18.0 Å². The summed E-state index contributed by atoms with van der Waals surface area (Å²) in [5, 5.41) is 10.5. The van der Waals surface area contributed by atoms with E-state index >= 15 is 0 Å². The number of thiazole rings is 1. The fourth-order valence-corrected chi connectivity index (χ4v) is 3.80. The van der Waals surface area contributed by atoms with E-state index < -0.39 is 22.9 Å². The Morgan fingerprint density at radius 3 is 2.88 bits per heavy atom. The molecule has 8 nitrogen and oxygen atoms in total. The number of nitrogens with zero attached hydrogens (tertiary/aromatic N) is 3. The van der Waals surface area contributed by atoms with E-state index in [0.717, 1.165) is 29.3 Å². The largest absolute Gasteiger partial charge is 0.674 e. The van der Waals surface area contributed by atoms with Crippen molar-refractivity contribution in [3.63, 3.8) is 0 Å².